The van der Waals surface area contributed by atoms with Crippen molar-refractivity contribution in [3.05, 3.63) is 81.2 Å². The average molecular weight is 563 g/mol. The van der Waals surface area contributed by atoms with Crippen molar-refractivity contribution in [2.45, 2.75) is 47.1 Å². The maximum absolute atomic E-state index is 13.7. The molecule has 0 radical (unpaired) electrons. The van der Waals surface area contributed by atoms with Gasteiger partial charge in [-0.15, -0.1) is 6.42 Å². The van der Waals surface area contributed by atoms with Gasteiger partial charge in [-0.25, -0.2) is 9.38 Å². The number of carbonyl (C=O) groups is 1. The molecule has 176 valence electrons. The molecule has 3 N–H and O–H groups in total. The zero-order chi connectivity index (χ0) is 25.4. The van der Waals surface area contributed by atoms with Crippen molar-refractivity contribution >= 4 is 34.3 Å². The monoisotopic (exact) mass is 563 g/mol. The quantitative estimate of drug-likeness (QED) is 0.101. The molecular formula is C26H31FIN3O2. The normalized spacial score (nSPS) is 14.3. The Hall–Kier alpha value is -2.86. The number of halogens is 2. The summed E-state index contributed by atoms with van der Waals surface area (Å²) in [6, 6.07) is 4.66. The number of carbonyl (C=O) groups excluding carboxylic acids is 1. The van der Waals surface area contributed by atoms with Crippen LogP contribution in [0.5, 0.6) is 0 Å². The third kappa shape index (κ3) is 7.06. The number of terminal acetylenes is 1. The van der Waals surface area contributed by atoms with Gasteiger partial charge in [0.2, 0.25) is 5.91 Å². The number of nitrogens with one attached hydrogen (secondary N) is 1. The van der Waals surface area contributed by atoms with Crippen molar-refractivity contribution in [3.8, 4) is 12.3 Å². The molecule has 0 saturated heterocycles. The first-order chi connectivity index (χ1) is 15.3. The first-order valence-corrected chi connectivity index (χ1v) is 11.3. The molecule has 1 atom stereocenters. The van der Waals surface area contributed by atoms with Gasteiger partial charge in [-0.1, -0.05) is 24.6 Å². The van der Waals surface area contributed by atoms with E-state index in [2.05, 4.69) is 22.8 Å². The fraction of sp³-hybridized carbons (Fsp3) is 0.308. The van der Waals surface area contributed by atoms with E-state index in [1.54, 1.807) is 51.1 Å². The lowest BCUT2D eigenvalue weighted by atomic mass is 9.86. The summed E-state index contributed by atoms with van der Waals surface area (Å²) in [5, 5.41) is 2.93. The highest BCUT2D eigenvalue weighted by molar-refractivity contribution is 14.1. The standard InChI is InChI=1S/C26H31FIN3O2/c1-9-12-15-33-21(10-2)22(17(4)5)30-23(29)26(8,11-3)24(32)31-25(6,7)18-13-14-19(27)20(28)16-18/h3,9-10,12-16H,1H2,2,4-8H3,(H2,29,30)(H,31,32)/b15-12+,21-10-. The lowest BCUT2D eigenvalue weighted by Gasteiger charge is -2.32. The summed E-state index contributed by atoms with van der Waals surface area (Å²) >= 11 is 1.91. The number of ether oxygens (including phenoxy) is 1. The lowest BCUT2D eigenvalue weighted by Crippen LogP contribution is -2.52. The Morgan fingerprint density at radius 2 is 2.00 bits per heavy atom. The van der Waals surface area contributed by atoms with Crippen molar-refractivity contribution in [3.63, 3.8) is 0 Å². The summed E-state index contributed by atoms with van der Waals surface area (Å²) in [5.74, 6) is 2.06. The zero-order valence-electron chi connectivity index (χ0n) is 19.9. The minimum Gasteiger partial charge on any atom is -0.463 e. The molecule has 0 fully saturated rings. The number of aliphatic imine (C=N–C) groups is 1. The van der Waals surface area contributed by atoms with E-state index in [-0.39, 0.29) is 11.7 Å². The number of amidine groups is 1. The van der Waals surface area contributed by atoms with Crippen LogP contribution in [0.3, 0.4) is 0 Å². The van der Waals surface area contributed by atoms with Gasteiger partial charge in [0.15, 0.2) is 5.41 Å². The number of hydrogen-bond acceptors (Lipinski definition) is 3. The Morgan fingerprint density at radius 1 is 1.36 bits per heavy atom. The van der Waals surface area contributed by atoms with Crippen molar-refractivity contribution < 1.29 is 13.9 Å². The summed E-state index contributed by atoms with van der Waals surface area (Å²) in [7, 11) is 0. The minimum absolute atomic E-state index is 0.0566. The van der Waals surface area contributed by atoms with Gasteiger partial charge in [-0.2, -0.15) is 0 Å². The second kappa shape index (κ2) is 11.8. The molecule has 1 unspecified atom stereocenters. The fourth-order valence-electron chi connectivity index (χ4n) is 2.70. The van der Waals surface area contributed by atoms with E-state index >= 15 is 0 Å². The second-order valence-corrected chi connectivity index (χ2v) is 9.32. The van der Waals surface area contributed by atoms with Crippen molar-refractivity contribution in [2.24, 2.45) is 16.1 Å². The van der Waals surface area contributed by atoms with E-state index in [1.807, 2.05) is 36.4 Å². The van der Waals surface area contributed by atoms with Gasteiger partial charge in [-0.05, 0) is 99.6 Å². The highest BCUT2D eigenvalue weighted by Gasteiger charge is 2.39. The molecule has 1 amide bonds. The summed E-state index contributed by atoms with van der Waals surface area (Å²) in [6.07, 6.45) is 12.2. The number of nitrogens with zero attached hydrogens (tertiary/aromatic N) is 1. The highest BCUT2D eigenvalue weighted by atomic mass is 127. The predicted octanol–water partition coefficient (Wildman–Crippen LogP) is 5.69. The van der Waals surface area contributed by atoms with Crippen LogP contribution in [0.4, 0.5) is 4.39 Å². The molecule has 1 aromatic rings. The van der Waals surface area contributed by atoms with E-state index in [1.165, 1.54) is 19.3 Å². The van der Waals surface area contributed by atoms with Crippen LogP contribution < -0.4 is 11.1 Å². The molecule has 7 heteroatoms. The van der Waals surface area contributed by atoms with Gasteiger partial charge < -0.3 is 15.8 Å². The van der Waals surface area contributed by atoms with Gasteiger partial charge >= 0.3 is 0 Å². The molecule has 0 spiro atoms. The third-order valence-electron chi connectivity index (χ3n) is 4.93. The smallest absolute Gasteiger partial charge is 0.246 e. The number of amides is 1. The Labute approximate surface area is 209 Å². The van der Waals surface area contributed by atoms with Crippen LogP contribution in [0.15, 0.2) is 71.3 Å². The molecule has 0 aliphatic rings. The number of benzene rings is 1. The van der Waals surface area contributed by atoms with Crippen LogP contribution in [0.25, 0.3) is 0 Å². The van der Waals surface area contributed by atoms with Crippen LogP contribution in [0.2, 0.25) is 0 Å². The Bertz CT molecular complexity index is 1070. The molecule has 5 nitrogen and oxygen atoms in total. The van der Waals surface area contributed by atoms with Crippen LogP contribution in [-0.4, -0.2) is 11.7 Å². The molecule has 0 heterocycles. The predicted molar refractivity (Wildman–Crippen MR) is 141 cm³/mol. The Kier molecular flexibility index (Phi) is 10.1. The van der Waals surface area contributed by atoms with Gasteiger partial charge in [0, 0.05) is 3.57 Å². The fourth-order valence-corrected chi connectivity index (χ4v) is 3.21. The van der Waals surface area contributed by atoms with Crippen molar-refractivity contribution in [1.29, 1.82) is 0 Å². The minimum atomic E-state index is -1.54. The lowest BCUT2D eigenvalue weighted by molar-refractivity contribution is -0.126. The molecular weight excluding hydrogens is 532 g/mol. The molecule has 0 saturated carbocycles. The van der Waals surface area contributed by atoms with E-state index in [4.69, 9.17) is 16.9 Å². The molecule has 0 aliphatic heterocycles. The van der Waals surface area contributed by atoms with E-state index in [9.17, 15) is 9.18 Å². The second-order valence-electron chi connectivity index (χ2n) is 8.16. The molecule has 1 rings (SSSR count). The topological polar surface area (TPSA) is 76.7 Å². The van der Waals surface area contributed by atoms with Crippen molar-refractivity contribution in [1.82, 2.24) is 5.32 Å². The largest absolute Gasteiger partial charge is 0.463 e. The molecule has 33 heavy (non-hydrogen) atoms. The van der Waals surface area contributed by atoms with Crippen LogP contribution >= 0.6 is 22.6 Å². The maximum Gasteiger partial charge on any atom is 0.246 e. The van der Waals surface area contributed by atoms with E-state index in [0.29, 0.717) is 15.0 Å². The van der Waals surface area contributed by atoms with Gasteiger partial charge in [0.05, 0.1) is 11.8 Å². The SMILES string of the molecule is C#CC(C)(C(=O)NC(C)(C)c1ccc(F)c(I)c1)/C(N)=N\C(=C(C)C)/C(=C/C)O/C=C/C=C. The zero-order valence-corrected chi connectivity index (χ0v) is 22.1. The molecule has 0 bridgehead atoms. The van der Waals surface area contributed by atoms with Crippen LogP contribution in [0.1, 0.15) is 47.1 Å². The highest BCUT2D eigenvalue weighted by Crippen LogP contribution is 2.27. The van der Waals surface area contributed by atoms with E-state index < -0.39 is 16.9 Å². The molecule has 0 aromatic heterocycles. The third-order valence-corrected chi connectivity index (χ3v) is 5.76. The van der Waals surface area contributed by atoms with Gasteiger partial charge in [-0.3, -0.25) is 4.79 Å². The Morgan fingerprint density at radius 3 is 2.48 bits per heavy atom. The maximum atomic E-state index is 13.7. The molecule has 0 aliphatic carbocycles. The first kappa shape index (κ1) is 28.2. The Balaban J connectivity index is 3.34. The number of hydrogen-bond donors (Lipinski definition) is 2. The van der Waals surface area contributed by atoms with E-state index in [0.717, 1.165) is 11.1 Å². The van der Waals surface area contributed by atoms with Crippen LogP contribution in [-0.2, 0) is 15.1 Å². The first-order valence-electron chi connectivity index (χ1n) is 10.2. The number of rotatable bonds is 9. The number of allylic oxidation sites excluding steroid dienone is 4. The summed E-state index contributed by atoms with van der Waals surface area (Å²) in [4.78, 5) is 17.8. The summed E-state index contributed by atoms with van der Waals surface area (Å²) < 4.78 is 19.8. The van der Waals surface area contributed by atoms with Crippen LogP contribution in [0, 0.1) is 27.1 Å². The van der Waals surface area contributed by atoms with Gasteiger partial charge in [0.1, 0.15) is 23.1 Å². The summed E-state index contributed by atoms with van der Waals surface area (Å²) in [5.41, 5.74) is 5.92. The molecule has 1 aromatic carbocycles. The number of nitrogens with two attached hydrogens (primary N) is 1. The summed E-state index contributed by atoms with van der Waals surface area (Å²) in [6.45, 7) is 14.2. The van der Waals surface area contributed by atoms with Crippen molar-refractivity contribution in [2.75, 3.05) is 0 Å². The van der Waals surface area contributed by atoms with Gasteiger partial charge in [0.25, 0.3) is 0 Å². The average Bonchev–Trinajstić information content (AvgIpc) is 2.75.